The predicted molar refractivity (Wildman–Crippen MR) is 85.6 cm³/mol. The van der Waals surface area contributed by atoms with Crippen molar-refractivity contribution in [2.45, 2.75) is 78.6 Å². The largest absolute Gasteiger partial charge is 0.323 e. The topological polar surface area (TPSA) is 32.3 Å². The van der Waals surface area contributed by atoms with Gasteiger partial charge in [0, 0.05) is 6.04 Å². The van der Waals surface area contributed by atoms with Crippen LogP contribution in [0.15, 0.2) is 0 Å². The SMILES string of the molecule is CC(C)C1NC(C(C)C)N(C(C)C2CC3CCC2C3)C1=O. The molecule has 6 atom stereocenters. The number of hydrogen-bond donors (Lipinski definition) is 1. The first-order chi connectivity index (χ1) is 9.90. The quantitative estimate of drug-likeness (QED) is 0.862. The second-order valence-corrected chi connectivity index (χ2v) is 8.40. The van der Waals surface area contributed by atoms with E-state index in [-0.39, 0.29) is 12.2 Å². The molecule has 3 heteroatoms. The summed E-state index contributed by atoms with van der Waals surface area (Å²) in [4.78, 5) is 15.2. The van der Waals surface area contributed by atoms with Gasteiger partial charge in [-0.2, -0.15) is 0 Å². The normalized spacial score (nSPS) is 40.8. The number of carbonyl (C=O) groups excluding carboxylic acids is 1. The van der Waals surface area contributed by atoms with Crippen LogP contribution in [-0.4, -0.2) is 29.1 Å². The van der Waals surface area contributed by atoms with Crippen molar-refractivity contribution < 1.29 is 4.79 Å². The van der Waals surface area contributed by atoms with Crippen LogP contribution in [0.4, 0.5) is 0 Å². The van der Waals surface area contributed by atoms with Crippen LogP contribution in [0.3, 0.4) is 0 Å². The fourth-order valence-electron chi connectivity index (χ4n) is 5.17. The highest BCUT2D eigenvalue weighted by atomic mass is 16.2. The highest BCUT2D eigenvalue weighted by molar-refractivity contribution is 5.85. The van der Waals surface area contributed by atoms with E-state index in [0.717, 1.165) is 17.8 Å². The third kappa shape index (κ3) is 2.52. The van der Waals surface area contributed by atoms with Gasteiger partial charge < -0.3 is 4.90 Å². The van der Waals surface area contributed by atoms with E-state index < -0.39 is 0 Å². The number of rotatable bonds is 4. The smallest absolute Gasteiger partial charge is 0.241 e. The summed E-state index contributed by atoms with van der Waals surface area (Å²) in [7, 11) is 0. The van der Waals surface area contributed by atoms with E-state index in [1.807, 2.05) is 0 Å². The zero-order chi connectivity index (χ0) is 15.3. The Hall–Kier alpha value is -0.570. The molecule has 1 amide bonds. The van der Waals surface area contributed by atoms with Crippen molar-refractivity contribution in [1.29, 1.82) is 0 Å². The maximum absolute atomic E-state index is 12.9. The maximum atomic E-state index is 12.9. The molecular weight excluding hydrogens is 260 g/mol. The lowest BCUT2D eigenvalue weighted by Gasteiger charge is -2.39. The van der Waals surface area contributed by atoms with Gasteiger partial charge in [0.05, 0.1) is 12.2 Å². The second-order valence-electron chi connectivity index (χ2n) is 8.40. The Kier molecular flexibility index (Phi) is 4.06. The number of fused-ring (bicyclic) bond motifs is 2. The fraction of sp³-hybridized carbons (Fsp3) is 0.944. The molecule has 3 nitrogen and oxygen atoms in total. The Morgan fingerprint density at radius 2 is 1.76 bits per heavy atom. The third-order valence-corrected chi connectivity index (χ3v) is 6.32. The van der Waals surface area contributed by atoms with Crippen molar-refractivity contribution in [1.82, 2.24) is 10.2 Å². The number of nitrogens with one attached hydrogen (secondary N) is 1. The molecule has 1 saturated heterocycles. The number of carbonyl (C=O) groups is 1. The summed E-state index contributed by atoms with van der Waals surface area (Å²) in [5.41, 5.74) is 0. The van der Waals surface area contributed by atoms with Crippen molar-refractivity contribution in [3.8, 4) is 0 Å². The molecule has 3 rings (SSSR count). The number of nitrogens with zero attached hydrogens (tertiary/aromatic N) is 1. The fourth-order valence-corrected chi connectivity index (χ4v) is 5.17. The van der Waals surface area contributed by atoms with Gasteiger partial charge in [0.25, 0.3) is 0 Å². The Labute approximate surface area is 129 Å². The van der Waals surface area contributed by atoms with Gasteiger partial charge in [-0.3, -0.25) is 10.1 Å². The van der Waals surface area contributed by atoms with Crippen LogP contribution < -0.4 is 5.32 Å². The molecule has 0 radical (unpaired) electrons. The monoisotopic (exact) mass is 292 g/mol. The maximum Gasteiger partial charge on any atom is 0.241 e. The Morgan fingerprint density at radius 3 is 2.24 bits per heavy atom. The van der Waals surface area contributed by atoms with E-state index in [4.69, 9.17) is 0 Å². The summed E-state index contributed by atoms with van der Waals surface area (Å²) >= 11 is 0. The second kappa shape index (κ2) is 5.57. The highest BCUT2D eigenvalue weighted by Crippen LogP contribution is 2.50. The molecule has 1 aliphatic heterocycles. The standard InChI is InChI=1S/C18H32N2O/c1-10(2)16-18(21)20(17(19-16)11(3)4)12(5)15-9-13-6-7-14(15)8-13/h10-17,19H,6-9H2,1-5H3. The van der Waals surface area contributed by atoms with Crippen LogP contribution in [0.5, 0.6) is 0 Å². The lowest BCUT2D eigenvalue weighted by molar-refractivity contribution is -0.134. The lowest BCUT2D eigenvalue weighted by atomic mass is 9.83. The molecule has 1 N–H and O–H groups in total. The molecular formula is C18H32N2O. The molecule has 21 heavy (non-hydrogen) atoms. The molecule has 0 spiro atoms. The van der Waals surface area contributed by atoms with Crippen molar-refractivity contribution in [2.24, 2.45) is 29.6 Å². The third-order valence-electron chi connectivity index (χ3n) is 6.32. The summed E-state index contributed by atoms with van der Waals surface area (Å²) in [6, 6.07) is 0.412. The molecule has 1 heterocycles. The van der Waals surface area contributed by atoms with E-state index in [1.54, 1.807) is 0 Å². The zero-order valence-corrected chi connectivity index (χ0v) is 14.3. The van der Waals surface area contributed by atoms with Crippen LogP contribution in [-0.2, 0) is 4.79 Å². The summed E-state index contributed by atoms with van der Waals surface area (Å²) in [5.74, 6) is 3.76. The van der Waals surface area contributed by atoms with E-state index in [9.17, 15) is 4.79 Å². The first kappa shape index (κ1) is 15.3. The van der Waals surface area contributed by atoms with Crippen LogP contribution >= 0.6 is 0 Å². The van der Waals surface area contributed by atoms with E-state index in [1.165, 1.54) is 25.7 Å². The minimum absolute atomic E-state index is 0.0124. The average Bonchev–Trinajstić information content (AvgIpc) is 3.10. The van der Waals surface area contributed by atoms with Gasteiger partial charge in [0.15, 0.2) is 0 Å². The number of hydrogen-bond acceptors (Lipinski definition) is 2. The summed E-state index contributed by atoms with van der Waals surface area (Å²) in [5, 5.41) is 3.61. The van der Waals surface area contributed by atoms with E-state index in [2.05, 4.69) is 44.8 Å². The highest BCUT2D eigenvalue weighted by Gasteiger charge is 2.49. The van der Waals surface area contributed by atoms with Crippen molar-refractivity contribution >= 4 is 5.91 Å². The van der Waals surface area contributed by atoms with Gasteiger partial charge >= 0.3 is 0 Å². The summed E-state index contributed by atoms with van der Waals surface area (Å²) in [6.45, 7) is 11.1. The number of amides is 1. The van der Waals surface area contributed by atoms with E-state index >= 15 is 0 Å². The Balaban J connectivity index is 1.79. The van der Waals surface area contributed by atoms with Crippen molar-refractivity contribution in [3.05, 3.63) is 0 Å². The van der Waals surface area contributed by atoms with E-state index in [0.29, 0.717) is 23.8 Å². The first-order valence-electron chi connectivity index (χ1n) is 8.98. The summed E-state index contributed by atoms with van der Waals surface area (Å²) < 4.78 is 0. The molecule has 2 aliphatic carbocycles. The molecule has 0 aromatic rings. The Bertz CT molecular complexity index is 406. The minimum Gasteiger partial charge on any atom is -0.323 e. The minimum atomic E-state index is 0.0124. The Morgan fingerprint density at radius 1 is 1.05 bits per heavy atom. The average molecular weight is 292 g/mol. The molecule has 2 saturated carbocycles. The summed E-state index contributed by atoms with van der Waals surface area (Å²) in [6.07, 6.45) is 5.83. The van der Waals surface area contributed by atoms with Crippen LogP contribution in [0.2, 0.25) is 0 Å². The molecule has 0 aromatic heterocycles. The van der Waals surface area contributed by atoms with Crippen molar-refractivity contribution in [3.63, 3.8) is 0 Å². The van der Waals surface area contributed by atoms with Gasteiger partial charge in [-0.05, 0) is 55.8 Å². The van der Waals surface area contributed by atoms with Gasteiger partial charge in [0.1, 0.15) is 0 Å². The molecule has 0 aromatic carbocycles. The van der Waals surface area contributed by atoms with Gasteiger partial charge in [-0.1, -0.05) is 34.1 Å². The molecule has 3 fully saturated rings. The van der Waals surface area contributed by atoms with Crippen LogP contribution in [0, 0.1) is 29.6 Å². The molecule has 6 unspecified atom stereocenters. The molecule has 2 bridgehead atoms. The van der Waals surface area contributed by atoms with Gasteiger partial charge in [-0.15, -0.1) is 0 Å². The van der Waals surface area contributed by atoms with Crippen LogP contribution in [0.1, 0.15) is 60.3 Å². The predicted octanol–water partition coefficient (Wildman–Crippen LogP) is 3.25. The molecule has 120 valence electrons. The first-order valence-corrected chi connectivity index (χ1v) is 8.98. The van der Waals surface area contributed by atoms with Gasteiger partial charge in [-0.25, -0.2) is 0 Å². The zero-order valence-electron chi connectivity index (χ0n) is 14.3. The lowest BCUT2D eigenvalue weighted by Crippen LogP contribution is -2.49. The van der Waals surface area contributed by atoms with Crippen molar-refractivity contribution in [2.75, 3.05) is 0 Å². The van der Waals surface area contributed by atoms with Gasteiger partial charge in [0.2, 0.25) is 5.91 Å². The molecule has 3 aliphatic rings. The van der Waals surface area contributed by atoms with Crippen LogP contribution in [0.25, 0.3) is 0 Å².